The highest BCUT2D eigenvalue weighted by Gasteiger charge is 2.48. The number of halogens is 4. The van der Waals surface area contributed by atoms with Crippen LogP contribution >= 0.6 is 0 Å². The van der Waals surface area contributed by atoms with Crippen LogP contribution in [0.1, 0.15) is 5.56 Å². The van der Waals surface area contributed by atoms with E-state index in [9.17, 15) is 22.4 Å². The van der Waals surface area contributed by atoms with E-state index in [0.29, 0.717) is 0 Å². The molecule has 0 aliphatic carbocycles. The van der Waals surface area contributed by atoms with Crippen molar-refractivity contribution in [3.05, 3.63) is 59.4 Å². The van der Waals surface area contributed by atoms with Gasteiger partial charge in [0.1, 0.15) is 23.1 Å². The summed E-state index contributed by atoms with van der Waals surface area (Å²) in [5.41, 5.74) is -0.889. The Kier molecular flexibility index (Phi) is 4.12. The van der Waals surface area contributed by atoms with Gasteiger partial charge in [-0.1, -0.05) is 6.07 Å². The molecule has 0 saturated carbocycles. The Labute approximate surface area is 138 Å². The maximum atomic E-state index is 13.0. The van der Waals surface area contributed by atoms with Gasteiger partial charge in [-0.3, -0.25) is 0 Å². The molecular weight excluding hydrogens is 344 g/mol. The second kappa shape index (κ2) is 6.12. The molecule has 130 valence electrons. The highest BCUT2D eigenvalue weighted by atomic mass is 19.4. The predicted molar refractivity (Wildman–Crippen MR) is 79.0 cm³/mol. The first-order chi connectivity index (χ1) is 11.8. The first-order valence-electron chi connectivity index (χ1n) is 7.00. The molecule has 0 saturated heterocycles. The number of benzene rings is 2. The molecule has 1 aliphatic rings. The Hall–Kier alpha value is -3.03. The average molecular weight is 354 g/mol. The average Bonchev–Trinajstić information content (AvgIpc) is 2.55. The number of fused-ring (bicyclic) bond motifs is 1. The van der Waals surface area contributed by atoms with Gasteiger partial charge in [-0.05, 0) is 42.5 Å². The van der Waals surface area contributed by atoms with Gasteiger partial charge in [-0.15, -0.1) is 0 Å². The fourth-order valence-electron chi connectivity index (χ4n) is 2.33. The second-order valence-electron chi connectivity index (χ2n) is 5.17. The van der Waals surface area contributed by atoms with Crippen LogP contribution in [0, 0.1) is 5.82 Å². The number of carboxylic acid groups (broad SMARTS) is 1. The standard InChI is InChI=1S/C17H10F4O4/c18-9-4-6-10(7-5-9)24-13-2-1-3-14-11(13)8-12(16(22)23)15(25-14)17(19,20)21/h1-8,15H,(H,22,23). The van der Waals surface area contributed by atoms with Crippen LogP contribution in [0.25, 0.3) is 6.08 Å². The van der Waals surface area contributed by atoms with E-state index < -0.39 is 29.6 Å². The smallest absolute Gasteiger partial charge is 0.430 e. The Morgan fingerprint density at radius 3 is 2.40 bits per heavy atom. The number of ether oxygens (including phenoxy) is 2. The lowest BCUT2D eigenvalue weighted by molar-refractivity contribution is -0.187. The van der Waals surface area contributed by atoms with E-state index in [4.69, 9.17) is 14.6 Å². The molecule has 0 bridgehead atoms. The summed E-state index contributed by atoms with van der Waals surface area (Å²) in [5, 5.41) is 9.08. The zero-order chi connectivity index (χ0) is 18.2. The first kappa shape index (κ1) is 16.8. The van der Waals surface area contributed by atoms with E-state index in [0.717, 1.165) is 18.2 Å². The Bertz CT molecular complexity index is 841. The zero-order valence-electron chi connectivity index (χ0n) is 12.4. The van der Waals surface area contributed by atoms with E-state index in [1.807, 2.05) is 0 Å². The lowest BCUT2D eigenvalue weighted by Gasteiger charge is -2.27. The topological polar surface area (TPSA) is 55.8 Å². The number of alkyl halides is 3. The predicted octanol–water partition coefficient (Wildman–Crippen LogP) is 4.41. The van der Waals surface area contributed by atoms with Crippen molar-refractivity contribution in [2.24, 2.45) is 0 Å². The quantitative estimate of drug-likeness (QED) is 0.830. The molecule has 1 atom stereocenters. The fourth-order valence-corrected chi connectivity index (χ4v) is 2.33. The lowest BCUT2D eigenvalue weighted by atomic mass is 10.0. The Balaban J connectivity index is 2.03. The van der Waals surface area contributed by atoms with Crippen molar-refractivity contribution in [1.29, 1.82) is 0 Å². The molecule has 0 amide bonds. The van der Waals surface area contributed by atoms with Crippen molar-refractivity contribution in [1.82, 2.24) is 0 Å². The monoisotopic (exact) mass is 354 g/mol. The number of rotatable bonds is 3. The summed E-state index contributed by atoms with van der Waals surface area (Å²) in [6.45, 7) is 0. The van der Waals surface area contributed by atoms with E-state index >= 15 is 0 Å². The third-order valence-corrected chi connectivity index (χ3v) is 3.44. The van der Waals surface area contributed by atoms with Gasteiger partial charge in [0.15, 0.2) is 0 Å². The summed E-state index contributed by atoms with van der Waals surface area (Å²) in [5.74, 6) is -2.06. The van der Waals surface area contributed by atoms with Crippen molar-refractivity contribution >= 4 is 12.0 Å². The van der Waals surface area contributed by atoms with Crippen LogP contribution in [-0.2, 0) is 4.79 Å². The van der Waals surface area contributed by atoms with Crippen LogP contribution in [0.3, 0.4) is 0 Å². The molecular formula is C17H10F4O4. The summed E-state index contributed by atoms with van der Waals surface area (Å²) in [7, 11) is 0. The summed E-state index contributed by atoms with van der Waals surface area (Å²) >= 11 is 0. The summed E-state index contributed by atoms with van der Waals surface area (Å²) < 4.78 is 62.4. The molecule has 0 radical (unpaired) electrons. The van der Waals surface area contributed by atoms with Gasteiger partial charge in [-0.25, -0.2) is 9.18 Å². The number of hydrogen-bond donors (Lipinski definition) is 1. The second-order valence-corrected chi connectivity index (χ2v) is 5.17. The molecule has 1 N–H and O–H groups in total. The maximum Gasteiger partial charge on any atom is 0.430 e. The molecule has 0 aromatic heterocycles. The fraction of sp³-hybridized carbons (Fsp3) is 0.118. The zero-order valence-corrected chi connectivity index (χ0v) is 12.4. The van der Waals surface area contributed by atoms with E-state index in [2.05, 4.69) is 0 Å². The summed E-state index contributed by atoms with van der Waals surface area (Å²) in [6, 6.07) is 9.09. The number of hydrogen-bond acceptors (Lipinski definition) is 3. The van der Waals surface area contributed by atoms with Gasteiger partial charge >= 0.3 is 12.1 Å². The number of carboxylic acids is 1. The minimum Gasteiger partial charge on any atom is -0.478 e. The van der Waals surface area contributed by atoms with Crippen LogP contribution in [0.4, 0.5) is 17.6 Å². The van der Waals surface area contributed by atoms with Crippen molar-refractivity contribution in [2.45, 2.75) is 12.3 Å². The van der Waals surface area contributed by atoms with Crippen LogP contribution in [0.5, 0.6) is 17.2 Å². The van der Waals surface area contributed by atoms with Crippen molar-refractivity contribution in [3.8, 4) is 17.2 Å². The molecule has 4 nitrogen and oxygen atoms in total. The van der Waals surface area contributed by atoms with E-state index in [1.54, 1.807) is 0 Å². The molecule has 1 heterocycles. The summed E-state index contributed by atoms with van der Waals surface area (Å²) in [4.78, 5) is 11.2. The Morgan fingerprint density at radius 2 is 1.80 bits per heavy atom. The Morgan fingerprint density at radius 1 is 1.12 bits per heavy atom. The molecule has 2 aromatic rings. The van der Waals surface area contributed by atoms with Gasteiger partial charge in [-0.2, -0.15) is 13.2 Å². The molecule has 8 heteroatoms. The molecule has 3 rings (SSSR count). The number of carbonyl (C=O) groups is 1. The molecule has 1 aliphatic heterocycles. The third-order valence-electron chi connectivity index (χ3n) is 3.44. The molecule has 1 unspecified atom stereocenters. The molecule has 25 heavy (non-hydrogen) atoms. The summed E-state index contributed by atoms with van der Waals surface area (Å²) in [6.07, 6.45) is -6.58. The highest BCUT2D eigenvalue weighted by Crippen LogP contribution is 2.41. The number of aliphatic carboxylic acids is 1. The third kappa shape index (κ3) is 3.42. The van der Waals surface area contributed by atoms with Crippen molar-refractivity contribution in [2.75, 3.05) is 0 Å². The molecule has 2 aromatic carbocycles. The van der Waals surface area contributed by atoms with Crippen molar-refractivity contribution in [3.63, 3.8) is 0 Å². The van der Waals surface area contributed by atoms with Gasteiger partial charge < -0.3 is 14.6 Å². The van der Waals surface area contributed by atoms with E-state index in [1.165, 1.54) is 30.3 Å². The SMILES string of the molecule is O=C(O)C1=Cc2c(Oc3ccc(F)cc3)cccc2OC1C(F)(F)F. The maximum absolute atomic E-state index is 13.0. The van der Waals surface area contributed by atoms with Gasteiger partial charge in [0.2, 0.25) is 6.10 Å². The van der Waals surface area contributed by atoms with E-state index in [-0.39, 0.29) is 22.8 Å². The van der Waals surface area contributed by atoms with Crippen LogP contribution in [0.15, 0.2) is 48.0 Å². The molecule has 0 spiro atoms. The van der Waals surface area contributed by atoms with Gasteiger partial charge in [0, 0.05) is 0 Å². The lowest BCUT2D eigenvalue weighted by Crippen LogP contribution is -2.40. The van der Waals surface area contributed by atoms with Crippen LogP contribution in [-0.4, -0.2) is 23.4 Å². The molecule has 0 fully saturated rings. The van der Waals surface area contributed by atoms with Crippen LogP contribution < -0.4 is 9.47 Å². The van der Waals surface area contributed by atoms with Gasteiger partial charge in [0.05, 0.1) is 11.1 Å². The first-order valence-corrected chi connectivity index (χ1v) is 7.00. The van der Waals surface area contributed by atoms with Crippen LogP contribution in [0.2, 0.25) is 0 Å². The van der Waals surface area contributed by atoms with Gasteiger partial charge in [0.25, 0.3) is 0 Å². The minimum atomic E-state index is -4.88. The van der Waals surface area contributed by atoms with Crippen molar-refractivity contribution < 1.29 is 36.9 Å². The highest BCUT2D eigenvalue weighted by molar-refractivity contribution is 5.95. The normalized spacial score (nSPS) is 16.5. The minimum absolute atomic E-state index is 0.0599. The largest absolute Gasteiger partial charge is 0.478 e.